The zero-order valence-corrected chi connectivity index (χ0v) is 13.2. The molecule has 9 heteroatoms. The van der Waals surface area contributed by atoms with E-state index in [0.29, 0.717) is 13.0 Å². The van der Waals surface area contributed by atoms with Gasteiger partial charge in [0.15, 0.2) is 0 Å². The quantitative estimate of drug-likeness (QED) is 0.912. The van der Waals surface area contributed by atoms with Crippen molar-refractivity contribution >= 4 is 50.5 Å². The van der Waals surface area contributed by atoms with Gasteiger partial charge in [-0.3, -0.25) is 4.79 Å². The van der Waals surface area contributed by atoms with Gasteiger partial charge in [0.2, 0.25) is 5.91 Å². The van der Waals surface area contributed by atoms with Crippen LogP contribution in [0.1, 0.15) is 13.3 Å². The normalized spacial score (nSPS) is 20.7. The molecule has 0 aliphatic carbocycles. The molecule has 106 valence electrons. The SMILES string of the molecule is CC(=O)NC1CCN(S(=O)(=O)c2cc(Cl)c(Cl)s2)C1. The van der Waals surface area contributed by atoms with Crippen LogP contribution in [0.15, 0.2) is 10.3 Å². The highest BCUT2D eigenvalue weighted by atomic mass is 35.5. The highest BCUT2D eigenvalue weighted by Gasteiger charge is 2.34. The lowest BCUT2D eigenvalue weighted by Crippen LogP contribution is -2.37. The number of carbonyl (C=O) groups excluding carboxylic acids is 1. The topological polar surface area (TPSA) is 66.5 Å². The molecule has 0 aromatic carbocycles. The average molecular weight is 343 g/mol. The number of nitrogens with one attached hydrogen (secondary N) is 1. The number of rotatable bonds is 3. The van der Waals surface area contributed by atoms with Crippen molar-refractivity contribution in [1.82, 2.24) is 9.62 Å². The third-order valence-electron chi connectivity index (χ3n) is 2.78. The lowest BCUT2D eigenvalue weighted by Gasteiger charge is -2.15. The van der Waals surface area contributed by atoms with Gasteiger partial charge in [-0.15, -0.1) is 11.3 Å². The molecule has 19 heavy (non-hydrogen) atoms. The molecule has 1 saturated heterocycles. The summed E-state index contributed by atoms with van der Waals surface area (Å²) in [5, 5.41) is 2.96. The van der Waals surface area contributed by atoms with Gasteiger partial charge in [-0.25, -0.2) is 8.42 Å². The minimum Gasteiger partial charge on any atom is -0.352 e. The third-order valence-corrected chi connectivity index (χ3v) is 6.95. The molecule has 2 heterocycles. The van der Waals surface area contributed by atoms with Crippen LogP contribution in [0.2, 0.25) is 9.36 Å². The van der Waals surface area contributed by atoms with Crippen molar-refractivity contribution in [2.75, 3.05) is 13.1 Å². The van der Waals surface area contributed by atoms with Crippen LogP contribution in [-0.4, -0.2) is 37.8 Å². The minimum absolute atomic E-state index is 0.131. The van der Waals surface area contributed by atoms with Crippen molar-refractivity contribution in [3.8, 4) is 0 Å². The second kappa shape index (κ2) is 5.57. The molecule has 1 fully saturated rings. The number of carbonyl (C=O) groups is 1. The molecule has 0 radical (unpaired) electrons. The zero-order chi connectivity index (χ0) is 14.2. The monoisotopic (exact) mass is 342 g/mol. The van der Waals surface area contributed by atoms with E-state index in [1.807, 2.05) is 0 Å². The van der Waals surface area contributed by atoms with E-state index in [9.17, 15) is 13.2 Å². The molecule has 0 bridgehead atoms. The molecule has 0 saturated carbocycles. The molecule has 1 unspecified atom stereocenters. The fourth-order valence-corrected chi connectivity index (χ4v) is 5.47. The molecular formula is C10H12Cl2N2O3S2. The first kappa shape index (κ1) is 15.1. The van der Waals surface area contributed by atoms with E-state index in [2.05, 4.69) is 5.32 Å². The van der Waals surface area contributed by atoms with Gasteiger partial charge in [0, 0.05) is 26.1 Å². The van der Waals surface area contributed by atoms with Crippen molar-refractivity contribution in [2.24, 2.45) is 0 Å². The van der Waals surface area contributed by atoms with E-state index in [1.54, 1.807) is 0 Å². The summed E-state index contributed by atoms with van der Waals surface area (Å²) in [5.41, 5.74) is 0. The molecule has 1 N–H and O–H groups in total. The molecule has 1 amide bonds. The molecule has 1 aromatic heterocycles. The second-order valence-corrected chi connectivity index (χ2v) is 8.46. The average Bonchev–Trinajstić information content (AvgIpc) is 2.87. The molecule has 2 rings (SSSR count). The Bertz CT molecular complexity index is 580. The van der Waals surface area contributed by atoms with Gasteiger partial charge in [0.05, 0.1) is 5.02 Å². The first-order valence-electron chi connectivity index (χ1n) is 5.53. The van der Waals surface area contributed by atoms with Crippen molar-refractivity contribution in [2.45, 2.75) is 23.6 Å². The highest BCUT2D eigenvalue weighted by Crippen LogP contribution is 2.36. The number of thiophene rings is 1. The minimum atomic E-state index is -3.58. The number of hydrogen-bond donors (Lipinski definition) is 1. The van der Waals surface area contributed by atoms with Crippen molar-refractivity contribution in [1.29, 1.82) is 0 Å². The van der Waals surface area contributed by atoms with E-state index >= 15 is 0 Å². The molecule has 0 spiro atoms. The van der Waals surface area contributed by atoms with Crippen molar-refractivity contribution < 1.29 is 13.2 Å². The van der Waals surface area contributed by atoms with Crippen molar-refractivity contribution in [3.63, 3.8) is 0 Å². The summed E-state index contributed by atoms with van der Waals surface area (Å²) in [5.74, 6) is -0.161. The fraction of sp³-hybridized carbons (Fsp3) is 0.500. The van der Waals surface area contributed by atoms with E-state index in [0.717, 1.165) is 11.3 Å². The first-order valence-corrected chi connectivity index (χ1v) is 8.54. The Morgan fingerprint density at radius 3 is 2.74 bits per heavy atom. The predicted octanol–water partition coefficient (Wildman–Crippen LogP) is 1.95. The number of sulfonamides is 1. The summed E-state index contributed by atoms with van der Waals surface area (Å²) in [6.45, 7) is 2.06. The van der Waals surface area contributed by atoms with E-state index in [1.165, 1.54) is 17.3 Å². The Morgan fingerprint density at radius 2 is 2.21 bits per heavy atom. The Labute approximate surface area is 125 Å². The summed E-state index contributed by atoms with van der Waals surface area (Å²) in [7, 11) is -3.58. The predicted molar refractivity (Wildman–Crippen MR) is 75.3 cm³/mol. The smallest absolute Gasteiger partial charge is 0.252 e. The van der Waals surface area contributed by atoms with E-state index in [4.69, 9.17) is 23.2 Å². The van der Waals surface area contributed by atoms with Crippen LogP contribution in [0, 0.1) is 0 Å². The van der Waals surface area contributed by atoms with Gasteiger partial charge in [-0.1, -0.05) is 23.2 Å². The molecule has 1 aliphatic heterocycles. The van der Waals surface area contributed by atoms with E-state index in [-0.39, 0.29) is 32.1 Å². The van der Waals surface area contributed by atoms with Gasteiger partial charge in [0.1, 0.15) is 8.55 Å². The van der Waals surface area contributed by atoms with Crippen LogP contribution in [0.4, 0.5) is 0 Å². The van der Waals surface area contributed by atoms with E-state index < -0.39 is 10.0 Å². The molecule has 1 atom stereocenters. The second-order valence-electron chi connectivity index (χ2n) is 4.24. The fourth-order valence-electron chi connectivity index (χ4n) is 1.93. The Balaban J connectivity index is 2.16. The highest BCUT2D eigenvalue weighted by molar-refractivity contribution is 7.91. The number of hydrogen-bond acceptors (Lipinski definition) is 4. The number of halogens is 2. The van der Waals surface area contributed by atoms with Gasteiger partial charge >= 0.3 is 0 Å². The maximum atomic E-state index is 12.3. The van der Waals surface area contributed by atoms with Crippen molar-refractivity contribution in [3.05, 3.63) is 15.4 Å². The summed E-state index contributed by atoms with van der Waals surface area (Å²) in [4.78, 5) is 11.0. The summed E-state index contributed by atoms with van der Waals surface area (Å²) in [6.07, 6.45) is 0.603. The van der Waals surface area contributed by atoms with Crippen LogP contribution in [-0.2, 0) is 14.8 Å². The van der Waals surface area contributed by atoms with Crippen LogP contribution in [0.5, 0.6) is 0 Å². The van der Waals surface area contributed by atoms with Gasteiger partial charge in [0.25, 0.3) is 10.0 Å². The largest absolute Gasteiger partial charge is 0.352 e. The summed E-state index contributed by atoms with van der Waals surface area (Å²) in [6, 6.07) is 1.22. The van der Waals surface area contributed by atoms with Gasteiger partial charge in [-0.2, -0.15) is 4.31 Å². The number of amides is 1. The maximum Gasteiger partial charge on any atom is 0.252 e. The molecule has 1 aliphatic rings. The van der Waals surface area contributed by atoms with Crippen LogP contribution >= 0.6 is 34.5 Å². The third kappa shape index (κ3) is 3.22. The van der Waals surface area contributed by atoms with Crippen LogP contribution in [0.25, 0.3) is 0 Å². The lowest BCUT2D eigenvalue weighted by molar-refractivity contribution is -0.119. The van der Waals surface area contributed by atoms with Crippen LogP contribution < -0.4 is 5.32 Å². The van der Waals surface area contributed by atoms with Gasteiger partial charge < -0.3 is 5.32 Å². The first-order chi connectivity index (χ1) is 8.80. The lowest BCUT2D eigenvalue weighted by atomic mass is 10.3. The van der Waals surface area contributed by atoms with Crippen LogP contribution in [0.3, 0.4) is 0 Å². The Morgan fingerprint density at radius 1 is 1.53 bits per heavy atom. The molecule has 1 aromatic rings. The Kier molecular flexibility index (Phi) is 4.42. The standard InChI is InChI=1S/C10H12Cl2N2O3S2/c1-6(15)13-7-2-3-14(5-7)19(16,17)9-4-8(11)10(12)18-9/h4,7H,2-3,5H2,1H3,(H,13,15). The molecular weight excluding hydrogens is 331 g/mol. The number of nitrogens with zero attached hydrogens (tertiary/aromatic N) is 1. The summed E-state index contributed by atoms with van der Waals surface area (Å²) < 4.78 is 26.4. The van der Waals surface area contributed by atoms with Gasteiger partial charge in [-0.05, 0) is 12.5 Å². The zero-order valence-electron chi connectivity index (χ0n) is 10.0. The molecule has 5 nitrogen and oxygen atoms in total. The summed E-state index contributed by atoms with van der Waals surface area (Å²) >= 11 is 12.5. The Hall–Kier alpha value is -0.340. The maximum absolute atomic E-state index is 12.3.